The molecule has 9 heteroatoms. The number of esters is 2. The molecular weight excluding hydrogens is 504 g/mol. The minimum Gasteiger partial charge on any atom is -0.465 e. The van der Waals surface area contributed by atoms with Crippen LogP contribution in [0.1, 0.15) is 72.6 Å². The molecule has 0 unspecified atom stereocenters. The first-order valence-electron chi connectivity index (χ1n) is 13.9. The van der Waals surface area contributed by atoms with Gasteiger partial charge in [-0.05, 0) is 77.2 Å². The summed E-state index contributed by atoms with van der Waals surface area (Å²) in [4.78, 5) is 38.0. The van der Waals surface area contributed by atoms with Crippen molar-refractivity contribution < 1.29 is 44.3 Å². The molecule has 0 aromatic rings. The maximum Gasteiger partial charge on any atom is 0.336 e. The van der Waals surface area contributed by atoms with E-state index >= 15 is 0 Å². The fraction of sp³-hybridized carbons (Fsp3) is 0.700. The Balaban J connectivity index is 1.60. The zero-order chi connectivity index (χ0) is 28.6. The maximum absolute atomic E-state index is 13.3. The number of allylic oxidation sites excluding steroid dienone is 4. The first-order valence-corrected chi connectivity index (χ1v) is 13.9. The first kappa shape index (κ1) is 28.2. The van der Waals surface area contributed by atoms with E-state index in [1.165, 1.54) is 13.8 Å². The van der Waals surface area contributed by atoms with Gasteiger partial charge in [-0.15, -0.1) is 0 Å². The molecule has 1 aliphatic heterocycles. The number of aliphatic hydroxyl groups excluding tert-OH is 1. The average molecular weight is 545 g/mol. The molecule has 2 saturated carbocycles. The molecule has 9 nitrogen and oxygen atoms in total. The molecule has 214 valence electrons. The van der Waals surface area contributed by atoms with Crippen LogP contribution in [0.3, 0.4) is 0 Å². The van der Waals surface area contributed by atoms with Crippen molar-refractivity contribution in [3.8, 4) is 0 Å². The summed E-state index contributed by atoms with van der Waals surface area (Å²) in [5.41, 5.74) is -6.14. The van der Waals surface area contributed by atoms with Gasteiger partial charge < -0.3 is 29.9 Å². The van der Waals surface area contributed by atoms with Crippen LogP contribution >= 0.6 is 0 Å². The SMILES string of the molecule is CC(=O)OC[C@]12CC[C@H]3[C@@H](CC=C4CC=CC(=O)[C@@]43C)[C@]1(O)CC[C@@]2(O)[C@@](C)(O)[C@H]1CC(C)=C(CO)C(=O)O1. The molecule has 39 heavy (non-hydrogen) atoms. The minimum atomic E-state index is -2.04. The maximum atomic E-state index is 13.3. The summed E-state index contributed by atoms with van der Waals surface area (Å²) in [5, 5.41) is 46.9. The van der Waals surface area contributed by atoms with Gasteiger partial charge in [0.05, 0.1) is 28.6 Å². The third-order valence-electron chi connectivity index (χ3n) is 11.3. The summed E-state index contributed by atoms with van der Waals surface area (Å²) >= 11 is 0. The van der Waals surface area contributed by atoms with E-state index in [-0.39, 0.29) is 49.6 Å². The van der Waals surface area contributed by atoms with E-state index in [1.54, 1.807) is 13.0 Å². The van der Waals surface area contributed by atoms with Crippen LogP contribution < -0.4 is 0 Å². The fourth-order valence-corrected chi connectivity index (χ4v) is 8.86. The highest BCUT2D eigenvalue weighted by atomic mass is 16.6. The van der Waals surface area contributed by atoms with Gasteiger partial charge in [0.1, 0.15) is 23.9 Å². The Hall–Kier alpha value is -2.33. The topological polar surface area (TPSA) is 151 Å². The van der Waals surface area contributed by atoms with Crippen molar-refractivity contribution in [2.45, 2.75) is 95.5 Å². The molecule has 8 atom stereocenters. The highest BCUT2D eigenvalue weighted by Crippen LogP contribution is 2.70. The van der Waals surface area contributed by atoms with Crippen LogP contribution in [0.25, 0.3) is 0 Å². The van der Waals surface area contributed by atoms with Crippen molar-refractivity contribution in [1.82, 2.24) is 0 Å². The standard InChI is InChI=1S/C30H40O9/c1-17-14-24(39-25(34)20(17)15-31)27(4,35)30(37)13-12-29(36)22-9-8-19-6-5-7-23(33)26(19,3)21(22)10-11-28(29,30)16-38-18(2)32/h5,7-8,21-22,24,31,35-37H,6,9-16H2,1-4H3/t21-,22+,24+,26-,27-,28+,29+,30+/m0/s1. The molecule has 2 fully saturated rings. The van der Waals surface area contributed by atoms with Gasteiger partial charge >= 0.3 is 11.9 Å². The van der Waals surface area contributed by atoms with Gasteiger partial charge in [0.15, 0.2) is 5.78 Å². The molecule has 4 aliphatic carbocycles. The molecule has 0 bridgehead atoms. The average Bonchev–Trinajstić information content (AvgIpc) is 3.12. The number of ether oxygens (including phenoxy) is 2. The smallest absolute Gasteiger partial charge is 0.336 e. The van der Waals surface area contributed by atoms with Crippen LogP contribution in [0.15, 0.2) is 34.9 Å². The second-order valence-corrected chi connectivity index (χ2v) is 12.7. The Kier molecular flexibility index (Phi) is 6.58. The monoisotopic (exact) mass is 544 g/mol. The Morgan fingerprint density at radius 1 is 1.21 bits per heavy atom. The van der Waals surface area contributed by atoms with Gasteiger partial charge in [-0.1, -0.05) is 23.3 Å². The van der Waals surface area contributed by atoms with Gasteiger partial charge in [0.2, 0.25) is 0 Å². The van der Waals surface area contributed by atoms with Crippen molar-refractivity contribution in [2.75, 3.05) is 13.2 Å². The lowest BCUT2D eigenvalue weighted by Gasteiger charge is -2.63. The van der Waals surface area contributed by atoms with Crippen molar-refractivity contribution in [3.05, 3.63) is 34.9 Å². The number of fused-ring (bicyclic) bond motifs is 5. The number of carbonyl (C=O) groups is 3. The molecule has 0 radical (unpaired) electrons. The van der Waals surface area contributed by atoms with E-state index in [1.807, 2.05) is 19.1 Å². The Labute approximate surface area is 228 Å². The van der Waals surface area contributed by atoms with Crippen LogP contribution in [0.5, 0.6) is 0 Å². The molecule has 1 heterocycles. The molecule has 0 aromatic heterocycles. The van der Waals surface area contributed by atoms with Gasteiger partial charge in [-0.2, -0.15) is 0 Å². The lowest BCUT2D eigenvalue weighted by molar-refractivity contribution is -0.294. The Morgan fingerprint density at radius 3 is 2.56 bits per heavy atom. The molecule has 0 amide bonds. The number of aliphatic hydroxyl groups is 4. The van der Waals surface area contributed by atoms with Gasteiger partial charge in [0, 0.05) is 13.3 Å². The zero-order valence-electron chi connectivity index (χ0n) is 23.2. The number of cyclic esters (lactones) is 1. The van der Waals surface area contributed by atoms with E-state index in [4.69, 9.17) is 9.47 Å². The van der Waals surface area contributed by atoms with Crippen LogP contribution in [-0.4, -0.2) is 74.3 Å². The summed E-state index contributed by atoms with van der Waals surface area (Å²) in [6, 6.07) is 0. The second-order valence-electron chi connectivity index (χ2n) is 12.7. The van der Waals surface area contributed by atoms with Gasteiger partial charge in [0.25, 0.3) is 0 Å². The third-order valence-corrected chi connectivity index (χ3v) is 11.3. The normalized spacial score (nSPS) is 43.1. The Morgan fingerprint density at radius 2 is 1.92 bits per heavy atom. The second kappa shape index (κ2) is 9.09. The van der Waals surface area contributed by atoms with Crippen LogP contribution in [-0.2, 0) is 23.9 Å². The first-order chi connectivity index (χ1) is 18.2. The number of carbonyl (C=O) groups excluding carboxylic acids is 3. The Bertz CT molecular complexity index is 1200. The molecule has 4 N–H and O–H groups in total. The fourth-order valence-electron chi connectivity index (χ4n) is 8.86. The quantitative estimate of drug-likeness (QED) is 0.301. The molecular formula is C30H40O9. The van der Waals surface area contributed by atoms with E-state index < -0.39 is 58.2 Å². The van der Waals surface area contributed by atoms with Crippen molar-refractivity contribution in [1.29, 1.82) is 0 Å². The van der Waals surface area contributed by atoms with Crippen molar-refractivity contribution in [2.24, 2.45) is 22.7 Å². The van der Waals surface area contributed by atoms with E-state index in [2.05, 4.69) is 0 Å². The highest BCUT2D eigenvalue weighted by molar-refractivity contribution is 5.98. The van der Waals surface area contributed by atoms with Crippen LogP contribution in [0, 0.1) is 22.7 Å². The van der Waals surface area contributed by atoms with Gasteiger partial charge in [-0.25, -0.2) is 4.79 Å². The summed E-state index contributed by atoms with van der Waals surface area (Å²) < 4.78 is 11.1. The zero-order valence-corrected chi connectivity index (χ0v) is 23.2. The van der Waals surface area contributed by atoms with E-state index in [0.29, 0.717) is 24.8 Å². The number of rotatable bonds is 5. The summed E-state index contributed by atoms with van der Waals surface area (Å²) in [6.45, 7) is 5.46. The van der Waals surface area contributed by atoms with Crippen molar-refractivity contribution in [3.63, 3.8) is 0 Å². The van der Waals surface area contributed by atoms with Crippen molar-refractivity contribution >= 4 is 17.7 Å². The molecule has 0 saturated heterocycles. The number of ketones is 1. The third kappa shape index (κ3) is 3.55. The summed E-state index contributed by atoms with van der Waals surface area (Å²) in [6.07, 6.45) is 6.39. The van der Waals surface area contributed by atoms with Crippen LogP contribution in [0.2, 0.25) is 0 Å². The van der Waals surface area contributed by atoms with Gasteiger partial charge in [-0.3, -0.25) is 9.59 Å². The molecule has 0 spiro atoms. The van der Waals surface area contributed by atoms with E-state index in [0.717, 1.165) is 5.57 Å². The number of hydrogen-bond acceptors (Lipinski definition) is 9. The summed E-state index contributed by atoms with van der Waals surface area (Å²) in [5.74, 6) is -1.96. The number of hydrogen-bond donors (Lipinski definition) is 4. The molecule has 0 aromatic carbocycles. The lowest BCUT2D eigenvalue weighted by Crippen LogP contribution is -2.74. The predicted octanol–water partition coefficient (Wildman–Crippen LogP) is 2.06. The lowest BCUT2D eigenvalue weighted by atomic mass is 9.44. The largest absolute Gasteiger partial charge is 0.465 e. The highest BCUT2D eigenvalue weighted by Gasteiger charge is 2.78. The summed E-state index contributed by atoms with van der Waals surface area (Å²) in [7, 11) is 0. The molecule has 5 rings (SSSR count). The molecule has 5 aliphatic rings. The predicted molar refractivity (Wildman–Crippen MR) is 139 cm³/mol. The van der Waals surface area contributed by atoms with Crippen LogP contribution in [0.4, 0.5) is 0 Å². The minimum absolute atomic E-state index is 0.00195. The van der Waals surface area contributed by atoms with E-state index in [9.17, 15) is 34.8 Å².